The third kappa shape index (κ3) is 4.46. The largest absolute Gasteiger partial charge is 0.377 e. The van der Waals surface area contributed by atoms with E-state index in [1.165, 1.54) is 0 Å². The van der Waals surface area contributed by atoms with E-state index in [0.717, 1.165) is 41.9 Å². The lowest BCUT2D eigenvalue weighted by atomic mass is 10.0. The highest BCUT2D eigenvalue weighted by Gasteiger charge is 2.34. The summed E-state index contributed by atoms with van der Waals surface area (Å²) in [6.45, 7) is 6.59. The molecule has 1 saturated heterocycles. The summed E-state index contributed by atoms with van der Waals surface area (Å²) >= 11 is 0. The minimum absolute atomic E-state index is 0.00634. The maximum Gasteiger partial charge on any atom is 0.254 e. The molecule has 1 N–H and O–H groups in total. The maximum atomic E-state index is 13.3. The quantitative estimate of drug-likeness (QED) is 0.748. The topological polar surface area (TPSA) is 87.7 Å². The molecule has 0 saturated carbocycles. The van der Waals surface area contributed by atoms with Gasteiger partial charge in [-0.3, -0.25) is 9.59 Å². The van der Waals surface area contributed by atoms with Gasteiger partial charge in [-0.15, -0.1) is 0 Å². The molecule has 2 aliphatic rings. The Bertz CT molecular complexity index is 992. The Labute approximate surface area is 189 Å². The highest BCUT2D eigenvalue weighted by atomic mass is 16.5. The second kappa shape index (κ2) is 9.65. The van der Waals surface area contributed by atoms with Crippen LogP contribution in [0.2, 0.25) is 0 Å². The van der Waals surface area contributed by atoms with Gasteiger partial charge in [-0.2, -0.15) is 0 Å². The molecular formula is C24H31N5O3. The fourth-order valence-electron chi connectivity index (χ4n) is 4.48. The molecule has 1 aromatic carbocycles. The molecule has 0 unspecified atom stereocenters. The van der Waals surface area contributed by atoms with Gasteiger partial charge in [-0.1, -0.05) is 12.1 Å². The Morgan fingerprint density at radius 3 is 2.66 bits per heavy atom. The van der Waals surface area contributed by atoms with Crippen molar-refractivity contribution in [3.63, 3.8) is 0 Å². The number of nitrogens with zero attached hydrogens (tertiary/aromatic N) is 4. The van der Waals surface area contributed by atoms with Crippen molar-refractivity contribution < 1.29 is 14.3 Å². The molecule has 8 heteroatoms. The van der Waals surface area contributed by atoms with Crippen molar-refractivity contribution in [3.05, 3.63) is 52.5 Å². The number of aromatic nitrogens is 2. The summed E-state index contributed by atoms with van der Waals surface area (Å²) in [7, 11) is 1.85. The Balaban J connectivity index is 1.58. The van der Waals surface area contributed by atoms with Crippen molar-refractivity contribution in [1.82, 2.24) is 19.8 Å². The summed E-state index contributed by atoms with van der Waals surface area (Å²) in [5, 5.41) is 3.19. The Kier molecular flexibility index (Phi) is 6.69. The highest BCUT2D eigenvalue weighted by Crippen LogP contribution is 2.34. The number of ether oxygens (including phenoxy) is 1. The number of benzene rings is 1. The monoisotopic (exact) mass is 437 g/mol. The van der Waals surface area contributed by atoms with Crippen molar-refractivity contribution in [2.45, 2.75) is 52.3 Å². The first-order valence-electron chi connectivity index (χ1n) is 11.3. The Hall–Kier alpha value is -3.00. The van der Waals surface area contributed by atoms with Gasteiger partial charge in [0.05, 0.1) is 24.9 Å². The number of rotatable bonds is 6. The molecule has 170 valence electrons. The number of amides is 2. The average molecular weight is 438 g/mol. The Morgan fingerprint density at radius 2 is 1.97 bits per heavy atom. The van der Waals surface area contributed by atoms with E-state index in [0.29, 0.717) is 44.2 Å². The number of likely N-dealkylation sites (tertiary alicyclic amines) is 1. The number of carbonyl (C=O) groups is 2. The van der Waals surface area contributed by atoms with E-state index in [2.05, 4.69) is 5.32 Å². The van der Waals surface area contributed by atoms with E-state index in [1.54, 1.807) is 11.8 Å². The minimum Gasteiger partial charge on any atom is -0.377 e. The number of hydrogen-bond acceptors (Lipinski definition) is 6. The van der Waals surface area contributed by atoms with Gasteiger partial charge in [0.25, 0.3) is 5.91 Å². The molecule has 2 amide bonds. The molecule has 2 aromatic rings. The van der Waals surface area contributed by atoms with Crippen LogP contribution in [0, 0.1) is 0 Å². The summed E-state index contributed by atoms with van der Waals surface area (Å²) in [6.07, 6.45) is 2.47. The first-order valence-corrected chi connectivity index (χ1v) is 11.3. The molecule has 4 rings (SSSR count). The number of nitrogens with one attached hydrogen (secondary N) is 1. The van der Waals surface area contributed by atoms with Gasteiger partial charge >= 0.3 is 0 Å². The minimum atomic E-state index is -0.171. The first-order chi connectivity index (χ1) is 15.5. The van der Waals surface area contributed by atoms with Crippen LogP contribution in [-0.2, 0) is 29.1 Å². The molecular weight excluding hydrogens is 406 g/mol. The summed E-state index contributed by atoms with van der Waals surface area (Å²) in [4.78, 5) is 38.5. The number of hydrogen-bond donors (Lipinski definition) is 1. The molecule has 0 bridgehead atoms. The number of fused-ring (bicyclic) bond motifs is 1. The summed E-state index contributed by atoms with van der Waals surface area (Å²) in [5.41, 5.74) is 3.65. The molecule has 1 fully saturated rings. The SMILES string of the molecule is CCOCc1ccc(C(=O)N2CCC[C@@H]2c2nc3c(c(NC)n2)CCN(C(C)=O)C3)cc1. The highest BCUT2D eigenvalue weighted by molar-refractivity contribution is 5.94. The van der Waals surface area contributed by atoms with E-state index in [1.807, 2.05) is 43.1 Å². The van der Waals surface area contributed by atoms with Crippen LogP contribution in [0.1, 0.15) is 65.7 Å². The predicted octanol–water partition coefficient (Wildman–Crippen LogP) is 2.94. The van der Waals surface area contributed by atoms with Crippen LogP contribution in [0.3, 0.4) is 0 Å². The summed E-state index contributed by atoms with van der Waals surface area (Å²) in [5.74, 6) is 1.49. The first kappa shape index (κ1) is 22.2. The molecule has 3 heterocycles. The summed E-state index contributed by atoms with van der Waals surface area (Å²) < 4.78 is 5.44. The third-order valence-corrected chi connectivity index (χ3v) is 6.25. The number of carbonyl (C=O) groups excluding carboxylic acids is 2. The number of anilines is 1. The predicted molar refractivity (Wildman–Crippen MR) is 121 cm³/mol. The molecule has 1 atom stereocenters. The summed E-state index contributed by atoms with van der Waals surface area (Å²) in [6, 6.07) is 7.45. The second-order valence-electron chi connectivity index (χ2n) is 8.29. The van der Waals surface area contributed by atoms with E-state index >= 15 is 0 Å². The molecule has 32 heavy (non-hydrogen) atoms. The van der Waals surface area contributed by atoms with Gasteiger partial charge in [0, 0.05) is 44.8 Å². The molecule has 8 nitrogen and oxygen atoms in total. The lowest BCUT2D eigenvalue weighted by Crippen LogP contribution is -2.36. The van der Waals surface area contributed by atoms with Gasteiger partial charge in [0.1, 0.15) is 5.82 Å². The Morgan fingerprint density at radius 1 is 1.19 bits per heavy atom. The van der Waals surface area contributed by atoms with Gasteiger partial charge < -0.3 is 19.9 Å². The molecule has 2 aliphatic heterocycles. The fraction of sp³-hybridized carbons (Fsp3) is 0.500. The van der Waals surface area contributed by atoms with Crippen molar-refractivity contribution in [3.8, 4) is 0 Å². The van der Waals surface area contributed by atoms with Crippen LogP contribution in [0.5, 0.6) is 0 Å². The third-order valence-electron chi connectivity index (χ3n) is 6.25. The van der Waals surface area contributed by atoms with E-state index in [4.69, 9.17) is 14.7 Å². The van der Waals surface area contributed by atoms with E-state index < -0.39 is 0 Å². The van der Waals surface area contributed by atoms with Gasteiger partial charge in [-0.05, 0) is 43.9 Å². The second-order valence-corrected chi connectivity index (χ2v) is 8.29. The van der Waals surface area contributed by atoms with Crippen molar-refractivity contribution in [1.29, 1.82) is 0 Å². The fourth-order valence-corrected chi connectivity index (χ4v) is 4.48. The molecule has 0 spiro atoms. The smallest absolute Gasteiger partial charge is 0.254 e. The molecule has 0 aliphatic carbocycles. The lowest BCUT2D eigenvalue weighted by Gasteiger charge is -2.30. The van der Waals surface area contributed by atoms with Gasteiger partial charge in [-0.25, -0.2) is 9.97 Å². The van der Waals surface area contributed by atoms with Crippen LogP contribution >= 0.6 is 0 Å². The van der Waals surface area contributed by atoms with Crippen LogP contribution in [0.15, 0.2) is 24.3 Å². The van der Waals surface area contributed by atoms with Crippen molar-refractivity contribution in [2.24, 2.45) is 0 Å². The zero-order chi connectivity index (χ0) is 22.7. The van der Waals surface area contributed by atoms with Crippen molar-refractivity contribution >= 4 is 17.6 Å². The molecule has 1 aromatic heterocycles. The van der Waals surface area contributed by atoms with Crippen molar-refractivity contribution in [2.75, 3.05) is 32.1 Å². The molecule has 0 radical (unpaired) electrons. The average Bonchev–Trinajstić information content (AvgIpc) is 3.31. The standard InChI is InChI=1S/C24H31N5O3/c1-4-32-15-17-7-9-18(10-8-17)24(31)29-12-5-6-21(29)23-26-20-14-28(16(2)30)13-11-19(20)22(25-3)27-23/h7-10,21H,4-6,11-15H2,1-3H3,(H,25,26,27)/t21-/m1/s1. The normalized spacial score (nSPS) is 17.9. The van der Waals surface area contributed by atoms with Crippen LogP contribution < -0.4 is 5.32 Å². The zero-order valence-electron chi connectivity index (χ0n) is 19.1. The van der Waals surface area contributed by atoms with Gasteiger partial charge in [0.2, 0.25) is 5.91 Å². The van der Waals surface area contributed by atoms with E-state index in [9.17, 15) is 9.59 Å². The lowest BCUT2D eigenvalue weighted by molar-refractivity contribution is -0.129. The van der Waals surface area contributed by atoms with Crippen LogP contribution in [0.25, 0.3) is 0 Å². The van der Waals surface area contributed by atoms with E-state index in [-0.39, 0.29) is 17.9 Å². The maximum absolute atomic E-state index is 13.3. The van der Waals surface area contributed by atoms with Gasteiger partial charge in [0.15, 0.2) is 5.82 Å². The van der Waals surface area contributed by atoms with Crippen LogP contribution in [-0.4, -0.2) is 58.3 Å². The van der Waals surface area contributed by atoms with Crippen LogP contribution in [0.4, 0.5) is 5.82 Å². The zero-order valence-corrected chi connectivity index (χ0v) is 19.1.